The van der Waals surface area contributed by atoms with Gasteiger partial charge in [-0.05, 0) is 36.2 Å². The minimum Gasteiger partial charge on any atom is -0.366 e. The van der Waals surface area contributed by atoms with Gasteiger partial charge in [0.25, 0.3) is 0 Å². The molecule has 4 aromatic heterocycles. The van der Waals surface area contributed by atoms with E-state index in [0.717, 1.165) is 28.4 Å². The molecule has 2 N–H and O–H groups in total. The van der Waals surface area contributed by atoms with Gasteiger partial charge in [0, 0.05) is 41.9 Å². The van der Waals surface area contributed by atoms with Gasteiger partial charge in [-0.1, -0.05) is 17.7 Å². The third-order valence-corrected chi connectivity index (χ3v) is 4.63. The Bertz CT molecular complexity index is 1160. The van der Waals surface area contributed by atoms with Gasteiger partial charge in [-0.2, -0.15) is 4.39 Å². The monoisotopic (exact) mass is 399 g/mol. The molecule has 0 spiro atoms. The number of aromatic amines is 1. The first-order valence-corrected chi connectivity index (χ1v) is 8.99. The van der Waals surface area contributed by atoms with Crippen LogP contribution in [0.25, 0.3) is 11.0 Å². The van der Waals surface area contributed by atoms with E-state index in [-0.39, 0.29) is 11.7 Å². The van der Waals surface area contributed by atoms with E-state index in [1.807, 2.05) is 19.2 Å². The molecule has 0 unspecified atom stereocenters. The molecule has 142 valence electrons. The lowest BCUT2D eigenvalue weighted by atomic mass is 10.1. The lowest BCUT2D eigenvalue weighted by molar-refractivity contribution is 0.571. The van der Waals surface area contributed by atoms with Gasteiger partial charge >= 0.3 is 0 Å². The Morgan fingerprint density at radius 1 is 1.07 bits per heavy atom. The molecule has 0 saturated heterocycles. The fourth-order valence-corrected chi connectivity index (χ4v) is 3.16. The van der Waals surface area contributed by atoms with Crippen molar-refractivity contribution in [3.8, 4) is 0 Å². The molecule has 0 aromatic carbocycles. The second-order valence-electron chi connectivity index (χ2n) is 6.50. The molecule has 0 aliphatic rings. The van der Waals surface area contributed by atoms with Crippen molar-refractivity contribution in [3.63, 3.8) is 0 Å². The number of H-pyrrole nitrogens is 1. The summed E-state index contributed by atoms with van der Waals surface area (Å²) in [6.45, 7) is 2.08. The number of rotatable bonds is 5. The van der Waals surface area contributed by atoms with Gasteiger partial charge in [-0.25, -0.2) is 19.3 Å². The highest BCUT2D eigenvalue weighted by atomic mass is 35.5. The lowest BCUT2D eigenvalue weighted by Crippen LogP contribution is -2.06. The van der Waals surface area contributed by atoms with Gasteiger partial charge in [0.2, 0.25) is 5.95 Å². The van der Waals surface area contributed by atoms with Gasteiger partial charge in [0.1, 0.15) is 22.4 Å². The van der Waals surface area contributed by atoms with E-state index in [4.69, 9.17) is 11.6 Å². The number of aryl methyl sites for hydroxylation is 1. The Morgan fingerprint density at radius 3 is 2.75 bits per heavy atom. The van der Waals surface area contributed by atoms with Crippen LogP contribution in [0.4, 0.5) is 14.6 Å². The minimum absolute atomic E-state index is 0.118. The van der Waals surface area contributed by atoms with Crippen molar-refractivity contribution in [2.24, 2.45) is 0 Å². The predicted octanol–water partition coefficient (Wildman–Crippen LogP) is 4.80. The summed E-state index contributed by atoms with van der Waals surface area (Å²) in [5.41, 5.74) is 3.54. The smallest absolute Gasteiger partial charge is 0.218 e. The molecule has 0 amide bonds. The number of nitrogens with zero attached hydrogens (tertiary/aromatic N) is 3. The molecule has 0 fully saturated rings. The number of aromatic nitrogens is 4. The van der Waals surface area contributed by atoms with Crippen LogP contribution in [0.1, 0.15) is 22.3 Å². The van der Waals surface area contributed by atoms with Gasteiger partial charge in [0.15, 0.2) is 0 Å². The van der Waals surface area contributed by atoms with Crippen LogP contribution >= 0.6 is 11.6 Å². The Hall–Kier alpha value is -3.06. The maximum absolute atomic E-state index is 14.5. The van der Waals surface area contributed by atoms with E-state index in [1.165, 1.54) is 6.07 Å². The van der Waals surface area contributed by atoms with Gasteiger partial charge in [-0.3, -0.25) is 0 Å². The van der Waals surface area contributed by atoms with E-state index < -0.39 is 11.8 Å². The van der Waals surface area contributed by atoms with Crippen molar-refractivity contribution in [3.05, 3.63) is 82.0 Å². The van der Waals surface area contributed by atoms with E-state index in [9.17, 15) is 8.78 Å². The van der Waals surface area contributed by atoms with Gasteiger partial charge < -0.3 is 10.3 Å². The zero-order chi connectivity index (χ0) is 19.7. The molecule has 0 aliphatic carbocycles. The van der Waals surface area contributed by atoms with Crippen molar-refractivity contribution in [2.45, 2.75) is 19.9 Å². The summed E-state index contributed by atoms with van der Waals surface area (Å²) < 4.78 is 28.2. The molecule has 0 radical (unpaired) electrons. The fraction of sp³-hybridized carbons (Fsp3) is 0.150. The van der Waals surface area contributed by atoms with Crippen LogP contribution in [0.15, 0.2) is 42.9 Å². The Morgan fingerprint density at radius 2 is 1.93 bits per heavy atom. The molecule has 0 atom stereocenters. The van der Waals surface area contributed by atoms with E-state index in [0.29, 0.717) is 23.4 Å². The number of nitrogens with one attached hydrogen (secondary N) is 2. The topological polar surface area (TPSA) is 66.5 Å². The summed E-state index contributed by atoms with van der Waals surface area (Å²) >= 11 is 5.78. The van der Waals surface area contributed by atoms with Crippen molar-refractivity contribution in [1.29, 1.82) is 0 Å². The first kappa shape index (κ1) is 18.3. The second kappa shape index (κ2) is 7.52. The van der Waals surface area contributed by atoms with Crippen LogP contribution in [0.5, 0.6) is 0 Å². The lowest BCUT2D eigenvalue weighted by Gasteiger charge is -2.09. The maximum Gasteiger partial charge on any atom is 0.218 e. The average molecular weight is 400 g/mol. The number of pyridine rings is 3. The molecule has 8 heteroatoms. The van der Waals surface area contributed by atoms with E-state index in [2.05, 4.69) is 25.3 Å². The van der Waals surface area contributed by atoms with Crippen LogP contribution in [-0.4, -0.2) is 19.9 Å². The summed E-state index contributed by atoms with van der Waals surface area (Å²) in [4.78, 5) is 15.0. The number of anilines is 1. The molecule has 5 nitrogen and oxygen atoms in total. The number of halogens is 3. The molecule has 4 heterocycles. The van der Waals surface area contributed by atoms with Gasteiger partial charge in [0.05, 0.1) is 6.20 Å². The normalized spacial score (nSPS) is 11.1. The highest BCUT2D eigenvalue weighted by Crippen LogP contribution is 2.22. The molecule has 4 aromatic rings. The third kappa shape index (κ3) is 3.80. The second-order valence-corrected chi connectivity index (χ2v) is 6.89. The standard InChI is InChI=1S/C20H16ClF2N5/c1-11-4-15-13(8-27-20(15)26-7-11)5-12-2-3-18(28-19(12)23)25-9-14-6-17(21)24-10-16(14)22/h2-4,6-8,10H,5,9H2,1H3,(H,25,28)(H,26,27). The summed E-state index contributed by atoms with van der Waals surface area (Å²) in [6, 6.07) is 6.77. The highest BCUT2D eigenvalue weighted by molar-refractivity contribution is 6.29. The summed E-state index contributed by atoms with van der Waals surface area (Å²) in [7, 11) is 0. The summed E-state index contributed by atoms with van der Waals surface area (Å²) in [6.07, 6.45) is 5.05. The highest BCUT2D eigenvalue weighted by Gasteiger charge is 2.11. The summed E-state index contributed by atoms with van der Waals surface area (Å²) in [5, 5.41) is 4.05. The van der Waals surface area contributed by atoms with Crippen molar-refractivity contribution >= 4 is 28.5 Å². The third-order valence-electron chi connectivity index (χ3n) is 4.42. The number of hydrogen-bond donors (Lipinski definition) is 2. The quantitative estimate of drug-likeness (QED) is 0.473. The van der Waals surface area contributed by atoms with Crippen LogP contribution in [0.2, 0.25) is 5.15 Å². The molecule has 0 bridgehead atoms. The maximum atomic E-state index is 14.5. The first-order valence-electron chi connectivity index (χ1n) is 8.61. The van der Waals surface area contributed by atoms with E-state index >= 15 is 0 Å². The summed E-state index contributed by atoms with van der Waals surface area (Å²) in [5.74, 6) is -0.754. The van der Waals surface area contributed by atoms with Crippen molar-refractivity contribution in [1.82, 2.24) is 19.9 Å². The van der Waals surface area contributed by atoms with Crippen LogP contribution in [0, 0.1) is 18.7 Å². The molecule has 0 aliphatic heterocycles. The molecule has 0 saturated carbocycles. The largest absolute Gasteiger partial charge is 0.366 e. The fourth-order valence-electron chi connectivity index (χ4n) is 2.98. The Labute approximate surface area is 164 Å². The van der Waals surface area contributed by atoms with E-state index in [1.54, 1.807) is 18.3 Å². The number of hydrogen-bond acceptors (Lipinski definition) is 4. The predicted molar refractivity (Wildman–Crippen MR) is 104 cm³/mol. The molecular formula is C20H16ClF2N5. The van der Waals surface area contributed by atoms with Crippen LogP contribution < -0.4 is 5.32 Å². The van der Waals surface area contributed by atoms with Crippen LogP contribution in [-0.2, 0) is 13.0 Å². The average Bonchev–Trinajstić information content (AvgIpc) is 3.06. The molecule has 4 rings (SSSR count). The zero-order valence-electron chi connectivity index (χ0n) is 14.9. The Balaban J connectivity index is 1.51. The number of fused-ring (bicyclic) bond motifs is 1. The SMILES string of the molecule is Cc1cnc2[nH]cc(Cc3ccc(NCc4cc(Cl)ncc4F)nc3F)c2c1. The van der Waals surface area contributed by atoms with Crippen molar-refractivity contribution < 1.29 is 8.78 Å². The van der Waals surface area contributed by atoms with Gasteiger partial charge in [-0.15, -0.1) is 0 Å². The van der Waals surface area contributed by atoms with Crippen LogP contribution in [0.3, 0.4) is 0 Å². The Kier molecular flexibility index (Phi) is 4.92. The zero-order valence-corrected chi connectivity index (χ0v) is 15.7. The minimum atomic E-state index is -0.576. The molecular weight excluding hydrogens is 384 g/mol. The molecule has 28 heavy (non-hydrogen) atoms. The first-order chi connectivity index (χ1) is 13.5. The van der Waals surface area contributed by atoms with Crippen molar-refractivity contribution in [2.75, 3.05) is 5.32 Å².